The average molecular weight is 353 g/mol. The number of aromatic nitrogens is 3. The molecule has 0 aliphatic carbocycles. The second kappa shape index (κ2) is 7.40. The van der Waals surface area contributed by atoms with E-state index in [0.717, 1.165) is 22.4 Å². The van der Waals surface area contributed by atoms with Crippen LogP contribution in [0, 0.1) is 13.8 Å². The van der Waals surface area contributed by atoms with Crippen LogP contribution in [0.1, 0.15) is 11.1 Å². The van der Waals surface area contributed by atoms with Crippen LogP contribution in [-0.4, -0.2) is 26.5 Å². The number of amides is 1. The molecule has 0 fully saturated rings. The fourth-order valence-corrected chi connectivity index (χ4v) is 3.00. The maximum absolute atomic E-state index is 12.1. The van der Waals surface area contributed by atoms with Crippen molar-refractivity contribution in [2.75, 3.05) is 16.9 Å². The molecule has 7 heteroatoms. The van der Waals surface area contributed by atoms with Gasteiger partial charge in [0.2, 0.25) is 11.1 Å². The Hall–Kier alpha value is -2.80. The summed E-state index contributed by atoms with van der Waals surface area (Å²) < 4.78 is 1.42. The Balaban J connectivity index is 1.65. The van der Waals surface area contributed by atoms with Gasteiger partial charge in [-0.3, -0.25) is 4.79 Å². The van der Waals surface area contributed by atoms with E-state index in [0.29, 0.717) is 11.0 Å². The van der Waals surface area contributed by atoms with Crippen LogP contribution in [0.4, 0.5) is 5.69 Å². The molecule has 3 aromatic rings. The SMILES string of the molecule is Cc1ccc(NC(=O)CSc2nnc(-c3ccccc3C)n2N)cc1. The number of anilines is 1. The van der Waals surface area contributed by atoms with E-state index < -0.39 is 0 Å². The van der Waals surface area contributed by atoms with Crippen molar-refractivity contribution in [3.8, 4) is 11.4 Å². The Labute approximate surface area is 150 Å². The third kappa shape index (κ3) is 4.00. The van der Waals surface area contributed by atoms with Crippen molar-refractivity contribution in [1.82, 2.24) is 14.9 Å². The standard InChI is InChI=1S/C18H19N5OS/c1-12-7-9-14(10-8-12)20-16(24)11-25-18-22-21-17(23(18)19)15-6-4-3-5-13(15)2/h3-10H,11,19H2,1-2H3,(H,20,24). The third-order valence-corrected chi connectivity index (χ3v) is 4.66. The van der Waals surface area contributed by atoms with E-state index >= 15 is 0 Å². The fourth-order valence-electron chi connectivity index (χ4n) is 2.35. The minimum atomic E-state index is -0.116. The molecule has 128 valence electrons. The van der Waals surface area contributed by atoms with E-state index in [1.54, 1.807) is 0 Å². The first-order chi connectivity index (χ1) is 12.0. The first-order valence-electron chi connectivity index (χ1n) is 7.80. The smallest absolute Gasteiger partial charge is 0.234 e. The van der Waals surface area contributed by atoms with Crippen LogP contribution in [0.2, 0.25) is 0 Å². The second-order valence-electron chi connectivity index (χ2n) is 5.69. The third-order valence-electron chi connectivity index (χ3n) is 3.72. The highest BCUT2D eigenvalue weighted by Crippen LogP contribution is 2.24. The summed E-state index contributed by atoms with van der Waals surface area (Å²) in [5.41, 5.74) is 3.90. The highest BCUT2D eigenvalue weighted by Gasteiger charge is 2.15. The van der Waals surface area contributed by atoms with E-state index in [1.807, 2.05) is 62.4 Å². The van der Waals surface area contributed by atoms with Gasteiger partial charge in [0.15, 0.2) is 5.82 Å². The van der Waals surface area contributed by atoms with Crippen molar-refractivity contribution < 1.29 is 4.79 Å². The number of nitrogens with zero attached hydrogens (tertiary/aromatic N) is 3. The lowest BCUT2D eigenvalue weighted by Gasteiger charge is -2.07. The Morgan fingerprint density at radius 2 is 1.84 bits per heavy atom. The van der Waals surface area contributed by atoms with Crippen molar-refractivity contribution in [2.45, 2.75) is 19.0 Å². The number of nitrogens with two attached hydrogens (primary N) is 1. The number of thioether (sulfide) groups is 1. The van der Waals surface area contributed by atoms with Crippen LogP contribution in [0.3, 0.4) is 0 Å². The number of carbonyl (C=O) groups is 1. The van der Waals surface area contributed by atoms with E-state index in [1.165, 1.54) is 16.4 Å². The van der Waals surface area contributed by atoms with E-state index in [9.17, 15) is 4.79 Å². The molecule has 6 nitrogen and oxygen atoms in total. The summed E-state index contributed by atoms with van der Waals surface area (Å²) >= 11 is 1.25. The monoisotopic (exact) mass is 353 g/mol. The first-order valence-corrected chi connectivity index (χ1v) is 8.79. The topological polar surface area (TPSA) is 85.8 Å². The molecule has 0 aliphatic rings. The lowest BCUT2D eigenvalue weighted by molar-refractivity contribution is -0.113. The van der Waals surface area contributed by atoms with Crippen LogP contribution >= 0.6 is 11.8 Å². The van der Waals surface area contributed by atoms with Gasteiger partial charge in [-0.2, -0.15) is 0 Å². The quantitative estimate of drug-likeness (QED) is 0.544. The summed E-state index contributed by atoms with van der Waals surface area (Å²) in [5.74, 6) is 6.77. The number of benzene rings is 2. The molecule has 1 amide bonds. The fraction of sp³-hybridized carbons (Fsp3) is 0.167. The molecule has 0 bridgehead atoms. The molecule has 0 atom stereocenters. The highest BCUT2D eigenvalue weighted by atomic mass is 32.2. The van der Waals surface area contributed by atoms with Gasteiger partial charge in [-0.25, -0.2) is 4.68 Å². The van der Waals surface area contributed by atoms with Gasteiger partial charge in [-0.15, -0.1) is 10.2 Å². The Morgan fingerprint density at radius 1 is 1.12 bits per heavy atom. The number of nitrogens with one attached hydrogen (secondary N) is 1. The molecule has 0 unspecified atom stereocenters. The molecule has 0 saturated heterocycles. The van der Waals surface area contributed by atoms with Gasteiger partial charge in [0.05, 0.1) is 5.75 Å². The molecular formula is C18H19N5OS. The largest absolute Gasteiger partial charge is 0.335 e. The summed E-state index contributed by atoms with van der Waals surface area (Å²) in [5, 5.41) is 11.6. The van der Waals surface area contributed by atoms with Crippen molar-refractivity contribution in [1.29, 1.82) is 0 Å². The van der Waals surface area contributed by atoms with E-state index in [-0.39, 0.29) is 11.7 Å². The maximum atomic E-state index is 12.1. The Kier molecular flexibility index (Phi) is 5.04. The van der Waals surface area contributed by atoms with Gasteiger partial charge < -0.3 is 11.2 Å². The molecule has 1 aromatic heterocycles. The number of hydrogen-bond acceptors (Lipinski definition) is 5. The Morgan fingerprint density at radius 3 is 2.56 bits per heavy atom. The molecule has 0 saturated carbocycles. The lowest BCUT2D eigenvalue weighted by atomic mass is 10.1. The summed E-state index contributed by atoms with van der Waals surface area (Å²) in [6.07, 6.45) is 0. The average Bonchev–Trinajstić information content (AvgIpc) is 2.96. The molecular weight excluding hydrogens is 334 g/mol. The van der Waals surface area contributed by atoms with E-state index in [2.05, 4.69) is 15.5 Å². The number of nitrogen functional groups attached to an aromatic ring is 1. The first kappa shape index (κ1) is 17.0. The van der Waals surface area contributed by atoms with Gasteiger partial charge in [-0.1, -0.05) is 53.7 Å². The molecule has 0 spiro atoms. The number of rotatable bonds is 5. The van der Waals surface area contributed by atoms with E-state index in [4.69, 9.17) is 5.84 Å². The number of hydrogen-bond donors (Lipinski definition) is 2. The molecule has 2 aromatic carbocycles. The molecule has 3 rings (SSSR count). The maximum Gasteiger partial charge on any atom is 0.234 e. The Bertz CT molecular complexity index is 889. The predicted octanol–water partition coefficient (Wildman–Crippen LogP) is 3.01. The van der Waals surface area contributed by atoms with Crippen LogP contribution in [0.25, 0.3) is 11.4 Å². The lowest BCUT2D eigenvalue weighted by Crippen LogP contribution is -2.16. The number of carbonyl (C=O) groups excluding carboxylic acids is 1. The zero-order valence-electron chi connectivity index (χ0n) is 14.1. The van der Waals surface area contributed by atoms with Gasteiger partial charge >= 0.3 is 0 Å². The van der Waals surface area contributed by atoms with Crippen molar-refractivity contribution >= 4 is 23.4 Å². The van der Waals surface area contributed by atoms with Crippen LogP contribution in [0.5, 0.6) is 0 Å². The van der Waals surface area contributed by atoms with Gasteiger partial charge in [0.25, 0.3) is 0 Å². The molecule has 0 aliphatic heterocycles. The normalized spacial score (nSPS) is 10.6. The zero-order chi connectivity index (χ0) is 17.8. The van der Waals surface area contributed by atoms with Gasteiger partial charge in [0, 0.05) is 11.3 Å². The van der Waals surface area contributed by atoms with Gasteiger partial charge in [0.1, 0.15) is 0 Å². The molecule has 3 N–H and O–H groups in total. The van der Waals surface area contributed by atoms with Crippen molar-refractivity contribution in [3.63, 3.8) is 0 Å². The second-order valence-corrected chi connectivity index (χ2v) is 6.64. The van der Waals surface area contributed by atoms with Crippen LogP contribution < -0.4 is 11.2 Å². The van der Waals surface area contributed by atoms with Gasteiger partial charge in [-0.05, 0) is 31.5 Å². The zero-order valence-corrected chi connectivity index (χ0v) is 14.9. The summed E-state index contributed by atoms with van der Waals surface area (Å²) in [7, 11) is 0. The van der Waals surface area contributed by atoms with Crippen LogP contribution in [-0.2, 0) is 4.79 Å². The van der Waals surface area contributed by atoms with Crippen LogP contribution in [0.15, 0.2) is 53.7 Å². The summed E-state index contributed by atoms with van der Waals surface area (Å²) in [6, 6.07) is 15.5. The molecule has 0 radical (unpaired) electrons. The summed E-state index contributed by atoms with van der Waals surface area (Å²) in [6.45, 7) is 3.99. The molecule has 1 heterocycles. The highest BCUT2D eigenvalue weighted by molar-refractivity contribution is 7.99. The minimum absolute atomic E-state index is 0.116. The molecule has 25 heavy (non-hydrogen) atoms. The van der Waals surface area contributed by atoms with Crippen molar-refractivity contribution in [2.24, 2.45) is 0 Å². The van der Waals surface area contributed by atoms with Crippen molar-refractivity contribution in [3.05, 3.63) is 59.7 Å². The number of aryl methyl sites for hydroxylation is 2. The summed E-state index contributed by atoms with van der Waals surface area (Å²) in [4.78, 5) is 12.1. The minimum Gasteiger partial charge on any atom is -0.335 e. The predicted molar refractivity (Wildman–Crippen MR) is 101 cm³/mol.